The predicted molar refractivity (Wildman–Crippen MR) is 113 cm³/mol. The van der Waals surface area contributed by atoms with E-state index < -0.39 is 0 Å². The molecule has 26 heavy (non-hydrogen) atoms. The Balaban J connectivity index is 1.69. The number of hydrogen-bond acceptors (Lipinski definition) is 5. The molecule has 0 spiro atoms. The van der Waals surface area contributed by atoms with Crippen LogP contribution in [-0.2, 0) is 0 Å². The molecule has 0 aliphatic carbocycles. The monoisotopic (exact) mass is 432 g/mol. The molecule has 6 heteroatoms. The Bertz CT molecular complexity index is 1030. The largest absolute Gasteiger partial charge is 0.453 e. The lowest BCUT2D eigenvalue weighted by Gasteiger charge is -2.44. The summed E-state index contributed by atoms with van der Waals surface area (Å²) in [5.41, 5.74) is 3.52. The molecule has 0 amide bonds. The number of anilines is 1. The highest BCUT2D eigenvalue weighted by atomic mass is 79.9. The van der Waals surface area contributed by atoms with E-state index in [-0.39, 0.29) is 5.43 Å². The standard InChI is InChI=1S/C20H21BrN2O2S/c1-11-17(24)20-19(16(21)12(2)26-20)25-18(11)13-5-7-14(8-6-13)23-9-15(10-23)22(3)4/h5-8,15H,9-10H2,1-4H3. The van der Waals surface area contributed by atoms with Crippen LogP contribution in [0.4, 0.5) is 5.69 Å². The fraction of sp³-hybridized carbons (Fsp3) is 0.350. The van der Waals surface area contributed by atoms with E-state index in [1.807, 2.05) is 26.0 Å². The summed E-state index contributed by atoms with van der Waals surface area (Å²) in [5, 5.41) is 0. The molecule has 0 unspecified atom stereocenters. The number of fused-ring (bicyclic) bond motifs is 1. The van der Waals surface area contributed by atoms with Gasteiger partial charge >= 0.3 is 0 Å². The van der Waals surface area contributed by atoms with Crippen molar-refractivity contribution in [2.45, 2.75) is 19.9 Å². The molecule has 3 aromatic rings. The van der Waals surface area contributed by atoms with Gasteiger partial charge in [0.1, 0.15) is 10.5 Å². The lowest BCUT2D eigenvalue weighted by atomic mass is 10.0. The minimum absolute atomic E-state index is 0.0562. The van der Waals surface area contributed by atoms with E-state index in [0.717, 1.165) is 28.0 Å². The zero-order valence-corrected chi connectivity index (χ0v) is 17.7. The number of aryl methyl sites for hydroxylation is 1. The summed E-state index contributed by atoms with van der Waals surface area (Å²) in [4.78, 5) is 18.4. The predicted octanol–water partition coefficient (Wildman–Crippen LogP) is 4.65. The van der Waals surface area contributed by atoms with Crippen LogP contribution in [0.15, 0.2) is 37.9 Å². The molecule has 4 rings (SSSR count). The third-order valence-corrected chi connectivity index (χ3v) is 7.45. The van der Waals surface area contributed by atoms with Crippen LogP contribution < -0.4 is 10.3 Å². The van der Waals surface area contributed by atoms with Crippen LogP contribution in [0.3, 0.4) is 0 Å². The Morgan fingerprint density at radius 1 is 1.19 bits per heavy atom. The summed E-state index contributed by atoms with van der Waals surface area (Å²) < 4.78 is 7.70. The van der Waals surface area contributed by atoms with Gasteiger partial charge in [0, 0.05) is 40.8 Å². The van der Waals surface area contributed by atoms with Gasteiger partial charge in [-0.3, -0.25) is 4.79 Å². The van der Waals surface area contributed by atoms with Crippen molar-refractivity contribution in [3.8, 4) is 11.3 Å². The number of nitrogens with zero attached hydrogens (tertiary/aromatic N) is 2. The first-order valence-corrected chi connectivity index (χ1v) is 10.2. The van der Waals surface area contributed by atoms with Gasteiger partial charge in [-0.25, -0.2) is 0 Å². The third kappa shape index (κ3) is 2.80. The van der Waals surface area contributed by atoms with Crippen LogP contribution in [0.5, 0.6) is 0 Å². The van der Waals surface area contributed by atoms with Crippen molar-refractivity contribution in [3.05, 3.63) is 49.4 Å². The van der Waals surface area contributed by atoms with Gasteiger partial charge in [-0.1, -0.05) is 0 Å². The van der Waals surface area contributed by atoms with Crippen LogP contribution >= 0.6 is 27.3 Å². The van der Waals surface area contributed by atoms with Crippen molar-refractivity contribution in [3.63, 3.8) is 0 Å². The van der Waals surface area contributed by atoms with E-state index in [9.17, 15) is 4.79 Å². The smallest absolute Gasteiger partial charge is 0.206 e. The molecule has 1 fully saturated rings. The molecule has 0 N–H and O–H groups in total. The van der Waals surface area contributed by atoms with Crippen molar-refractivity contribution in [1.82, 2.24) is 4.90 Å². The molecule has 0 radical (unpaired) electrons. The minimum atomic E-state index is 0.0562. The first kappa shape index (κ1) is 17.8. The fourth-order valence-corrected chi connectivity index (χ4v) is 4.91. The molecule has 3 heterocycles. The highest BCUT2D eigenvalue weighted by molar-refractivity contribution is 9.10. The van der Waals surface area contributed by atoms with Crippen molar-refractivity contribution < 1.29 is 4.42 Å². The molecule has 2 aromatic heterocycles. The maximum Gasteiger partial charge on any atom is 0.206 e. The second kappa shape index (κ2) is 6.51. The highest BCUT2D eigenvalue weighted by Crippen LogP contribution is 2.37. The normalized spacial score (nSPS) is 15.1. The number of halogens is 1. The van der Waals surface area contributed by atoms with Crippen LogP contribution in [0.2, 0.25) is 0 Å². The summed E-state index contributed by atoms with van der Waals surface area (Å²) in [5.74, 6) is 0.655. The zero-order chi connectivity index (χ0) is 18.6. The second-order valence-electron chi connectivity index (χ2n) is 7.09. The van der Waals surface area contributed by atoms with Gasteiger partial charge in [-0.15, -0.1) is 11.3 Å². The van der Waals surface area contributed by atoms with E-state index in [2.05, 4.69) is 52.0 Å². The molecule has 0 saturated carbocycles. The molecule has 4 nitrogen and oxygen atoms in total. The van der Waals surface area contributed by atoms with Gasteiger partial charge in [-0.05, 0) is 68.1 Å². The number of benzene rings is 1. The SMILES string of the molecule is Cc1sc2c(=O)c(C)c(-c3ccc(N4CC(N(C)C)C4)cc3)oc2c1Br. The maximum atomic E-state index is 12.7. The van der Waals surface area contributed by atoms with Gasteiger partial charge < -0.3 is 14.2 Å². The lowest BCUT2D eigenvalue weighted by Crippen LogP contribution is -2.57. The minimum Gasteiger partial charge on any atom is -0.453 e. The molecule has 136 valence electrons. The molecule has 1 aliphatic heterocycles. The Morgan fingerprint density at radius 2 is 1.85 bits per heavy atom. The summed E-state index contributed by atoms with van der Waals surface area (Å²) in [6.07, 6.45) is 0. The molecule has 1 aromatic carbocycles. The summed E-state index contributed by atoms with van der Waals surface area (Å²) in [7, 11) is 4.24. The second-order valence-corrected chi connectivity index (χ2v) is 9.10. The van der Waals surface area contributed by atoms with Crippen LogP contribution in [0.25, 0.3) is 21.6 Å². The average molecular weight is 433 g/mol. The summed E-state index contributed by atoms with van der Waals surface area (Å²) >= 11 is 5.03. The van der Waals surface area contributed by atoms with Gasteiger partial charge in [-0.2, -0.15) is 0 Å². The molecule has 0 atom stereocenters. The molecule has 0 bridgehead atoms. The lowest BCUT2D eigenvalue weighted by molar-refractivity contribution is 0.247. The summed E-state index contributed by atoms with van der Waals surface area (Å²) in [6.45, 7) is 5.93. The number of rotatable bonds is 3. The molecule has 1 aliphatic rings. The van der Waals surface area contributed by atoms with Gasteiger partial charge in [0.25, 0.3) is 0 Å². The topological polar surface area (TPSA) is 36.7 Å². The maximum absolute atomic E-state index is 12.7. The van der Waals surface area contributed by atoms with E-state index in [1.54, 1.807) is 0 Å². The van der Waals surface area contributed by atoms with Gasteiger partial charge in [0.05, 0.1) is 4.47 Å². The van der Waals surface area contributed by atoms with E-state index in [0.29, 0.717) is 27.6 Å². The number of thiophene rings is 1. The summed E-state index contributed by atoms with van der Waals surface area (Å²) in [6, 6.07) is 8.93. The average Bonchev–Trinajstić information content (AvgIpc) is 2.85. The zero-order valence-electron chi connectivity index (χ0n) is 15.3. The molecular formula is C20H21BrN2O2S. The third-order valence-electron chi connectivity index (χ3n) is 5.15. The van der Waals surface area contributed by atoms with E-state index in [1.165, 1.54) is 17.0 Å². The van der Waals surface area contributed by atoms with Crippen molar-refractivity contribution >= 4 is 43.2 Å². The van der Waals surface area contributed by atoms with E-state index in [4.69, 9.17) is 4.42 Å². The Hall–Kier alpha value is -1.63. The fourth-order valence-electron chi connectivity index (χ4n) is 3.29. The van der Waals surface area contributed by atoms with Gasteiger partial charge in [0.2, 0.25) is 5.43 Å². The van der Waals surface area contributed by atoms with Crippen LogP contribution in [-0.4, -0.2) is 38.1 Å². The first-order chi connectivity index (χ1) is 12.4. The number of likely N-dealkylation sites (N-methyl/N-ethyl adjacent to an activating group) is 1. The molecule has 1 saturated heterocycles. The molecular weight excluding hydrogens is 412 g/mol. The Kier molecular flexibility index (Phi) is 4.45. The van der Waals surface area contributed by atoms with Crippen molar-refractivity contribution in [2.24, 2.45) is 0 Å². The quantitative estimate of drug-likeness (QED) is 0.603. The Morgan fingerprint density at radius 3 is 2.46 bits per heavy atom. The van der Waals surface area contributed by atoms with Crippen LogP contribution in [0.1, 0.15) is 10.4 Å². The van der Waals surface area contributed by atoms with Crippen molar-refractivity contribution in [1.29, 1.82) is 0 Å². The van der Waals surface area contributed by atoms with Gasteiger partial charge in [0.15, 0.2) is 5.58 Å². The Labute approximate surface area is 165 Å². The van der Waals surface area contributed by atoms with E-state index >= 15 is 0 Å². The van der Waals surface area contributed by atoms with Crippen LogP contribution in [0, 0.1) is 13.8 Å². The number of hydrogen-bond donors (Lipinski definition) is 0. The highest BCUT2D eigenvalue weighted by Gasteiger charge is 2.28. The van der Waals surface area contributed by atoms with Crippen molar-refractivity contribution in [2.75, 3.05) is 32.1 Å². The first-order valence-electron chi connectivity index (χ1n) is 8.61.